The van der Waals surface area contributed by atoms with Crippen LogP contribution in [0.15, 0.2) is 30.3 Å². The molecular weight excluding hydrogens is 254 g/mol. The highest BCUT2D eigenvalue weighted by Crippen LogP contribution is 2.12. The summed E-state index contributed by atoms with van der Waals surface area (Å²) in [5, 5.41) is -0.00762. The number of hydrogen-bond acceptors (Lipinski definition) is 1. The molecule has 2 atom stereocenters. The molecule has 0 aliphatic rings. The fraction of sp³-hybridized carbons (Fsp3) is 0.400. The Hall–Kier alpha value is -0.640. The number of alkyl halides is 3. The summed E-state index contributed by atoms with van der Waals surface area (Å²) < 4.78 is 30.7. The Morgan fingerprint density at radius 1 is 1.14 bits per heavy atom. The number of hydrogen-bond donors (Lipinski definition) is 0. The lowest BCUT2D eigenvalue weighted by molar-refractivity contribution is 0.122. The molecule has 4 heteroatoms. The maximum Gasteiger partial charge on any atom is 0.166 e. The normalized spacial score (nSPS) is 14.8. The van der Waals surface area contributed by atoms with E-state index >= 15 is 0 Å². The third-order valence-electron chi connectivity index (χ3n) is 1.69. The third-order valence-corrected chi connectivity index (χ3v) is 2.31. The first kappa shape index (κ1) is 11.4. The van der Waals surface area contributed by atoms with E-state index in [9.17, 15) is 8.78 Å². The van der Waals surface area contributed by atoms with E-state index in [-0.39, 0.29) is 11.9 Å². The second kappa shape index (κ2) is 5.96. The quantitative estimate of drug-likeness (QED) is 0.743. The molecule has 78 valence electrons. The maximum absolute atomic E-state index is 13.0. The van der Waals surface area contributed by atoms with Crippen LogP contribution in [0, 0.1) is 0 Å². The molecule has 0 radical (unpaired) electrons. The van der Waals surface area contributed by atoms with Crippen LogP contribution in [0.4, 0.5) is 8.78 Å². The van der Waals surface area contributed by atoms with Gasteiger partial charge in [-0.05, 0) is 12.1 Å². The van der Waals surface area contributed by atoms with Crippen molar-refractivity contribution in [2.45, 2.75) is 12.3 Å². The Kier molecular flexibility index (Phi) is 4.87. The summed E-state index contributed by atoms with van der Waals surface area (Å²) in [4.78, 5) is 0. The van der Waals surface area contributed by atoms with Crippen molar-refractivity contribution in [3.63, 3.8) is 0 Å². The van der Waals surface area contributed by atoms with Crippen LogP contribution in [-0.2, 0) is 0 Å². The Balaban J connectivity index is 2.34. The standard InChI is InChI=1S/C10H11BrF2O/c11-6-9(12)10(13)7-14-8-4-2-1-3-5-8/h1-5,9-10H,6-7H2. The van der Waals surface area contributed by atoms with Gasteiger partial charge in [0, 0.05) is 5.33 Å². The van der Waals surface area contributed by atoms with E-state index in [0.29, 0.717) is 5.75 Å². The second-order valence-electron chi connectivity index (χ2n) is 2.81. The summed E-state index contributed by atoms with van der Waals surface area (Å²) in [6.07, 6.45) is -3.10. The van der Waals surface area contributed by atoms with Crippen LogP contribution in [0.5, 0.6) is 5.75 Å². The van der Waals surface area contributed by atoms with Crippen LogP contribution in [0.25, 0.3) is 0 Å². The smallest absolute Gasteiger partial charge is 0.166 e. The number of rotatable bonds is 5. The zero-order valence-corrected chi connectivity index (χ0v) is 9.08. The maximum atomic E-state index is 13.0. The van der Waals surface area contributed by atoms with Gasteiger partial charge in [0.2, 0.25) is 0 Å². The van der Waals surface area contributed by atoms with Gasteiger partial charge in [0.25, 0.3) is 0 Å². The highest BCUT2D eigenvalue weighted by Gasteiger charge is 2.19. The highest BCUT2D eigenvalue weighted by atomic mass is 79.9. The van der Waals surface area contributed by atoms with Gasteiger partial charge in [-0.2, -0.15) is 0 Å². The van der Waals surface area contributed by atoms with Crippen LogP contribution in [0.3, 0.4) is 0 Å². The first-order chi connectivity index (χ1) is 6.74. The zero-order valence-electron chi connectivity index (χ0n) is 7.50. The van der Waals surface area contributed by atoms with Crippen molar-refractivity contribution in [3.05, 3.63) is 30.3 Å². The minimum absolute atomic E-state index is 0.00762. The van der Waals surface area contributed by atoms with E-state index in [1.807, 2.05) is 6.07 Å². The van der Waals surface area contributed by atoms with Crippen LogP contribution < -0.4 is 4.74 Å². The molecule has 0 bridgehead atoms. The molecule has 2 unspecified atom stereocenters. The van der Waals surface area contributed by atoms with Crippen LogP contribution in [-0.4, -0.2) is 24.3 Å². The molecule has 0 amide bonds. The molecule has 0 N–H and O–H groups in total. The zero-order chi connectivity index (χ0) is 10.4. The fourth-order valence-corrected chi connectivity index (χ4v) is 1.30. The Labute approximate surface area is 90.2 Å². The van der Waals surface area contributed by atoms with E-state index < -0.39 is 12.3 Å². The third kappa shape index (κ3) is 3.62. The minimum Gasteiger partial charge on any atom is -0.490 e. The van der Waals surface area contributed by atoms with Gasteiger partial charge in [-0.3, -0.25) is 0 Å². The van der Waals surface area contributed by atoms with Gasteiger partial charge in [-0.25, -0.2) is 8.78 Å². The van der Waals surface area contributed by atoms with Crippen molar-refractivity contribution in [2.75, 3.05) is 11.9 Å². The monoisotopic (exact) mass is 264 g/mol. The first-order valence-electron chi connectivity index (χ1n) is 4.26. The van der Waals surface area contributed by atoms with Gasteiger partial charge in [0.05, 0.1) is 0 Å². The molecular formula is C10H11BrF2O. The highest BCUT2D eigenvalue weighted by molar-refractivity contribution is 9.09. The van der Waals surface area contributed by atoms with Crippen molar-refractivity contribution in [3.8, 4) is 5.75 Å². The van der Waals surface area contributed by atoms with Crippen LogP contribution in [0.1, 0.15) is 0 Å². The average Bonchev–Trinajstić information content (AvgIpc) is 2.26. The van der Waals surface area contributed by atoms with Gasteiger partial charge in [-0.15, -0.1) is 0 Å². The van der Waals surface area contributed by atoms with Gasteiger partial charge in [0.15, 0.2) is 6.17 Å². The van der Waals surface area contributed by atoms with Gasteiger partial charge < -0.3 is 4.74 Å². The van der Waals surface area contributed by atoms with Gasteiger partial charge in [-0.1, -0.05) is 34.1 Å². The molecule has 1 rings (SSSR count). The van der Waals surface area contributed by atoms with E-state index in [0.717, 1.165) is 0 Å². The fourth-order valence-electron chi connectivity index (χ4n) is 0.894. The topological polar surface area (TPSA) is 9.23 Å². The van der Waals surface area contributed by atoms with Crippen molar-refractivity contribution >= 4 is 15.9 Å². The molecule has 0 saturated heterocycles. The summed E-state index contributed by atoms with van der Waals surface area (Å²) in [6, 6.07) is 8.79. The summed E-state index contributed by atoms with van der Waals surface area (Å²) in [7, 11) is 0. The number of benzene rings is 1. The van der Waals surface area contributed by atoms with Crippen molar-refractivity contribution in [1.82, 2.24) is 0 Å². The molecule has 0 heterocycles. The summed E-state index contributed by atoms with van der Waals surface area (Å²) in [5.41, 5.74) is 0. The molecule has 0 fully saturated rings. The molecule has 0 aliphatic heterocycles. The molecule has 0 spiro atoms. The summed E-state index contributed by atoms with van der Waals surface area (Å²) in [5.74, 6) is 0.553. The Morgan fingerprint density at radius 2 is 1.79 bits per heavy atom. The van der Waals surface area contributed by atoms with Crippen LogP contribution >= 0.6 is 15.9 Å². The van der Waals surface area contributed by atoms with Gasteiger partial charge >= 0.3 is 0 Å². The lowest BCUT2D eigenvalue weighted by atomic mass is 10.3. The first-order valence-corrected chi connectivity index (χ1v) is 5.38. The predicted molar refractivity (Wildman–Crippen MR) is 55.5 cm³/mol. The Bertz CT molecular complexity index is 256. The molecule has 1 aromatic carbocycles. The van der Waals surface area contributed by atoms with Crippen molar-refractivity contribution in [1.29, 1.82) is 0 Å². The molecule has 0 aromatic heterocycles. The van der Waals surface area contributed by atoms with E-state index in [1.54, 1.807) is 24.3 Å². The molecule has 0 saturated carbocycles. The predicted octanol–water partition coefficient (Wildman–Crippen LogP) is 3.14. The SMILES string of the molecule is FC(CBr)C(F)COc1ccccc1. The summed E-state index contributed by atoms with van der Waals surface area (Å²) >= 11 is 2.87. The molecule has 0 aliphatic carbocycles. The number of ether oxygens (including phenoxy) is 1. The summed E-state index contributed by atoms with van der Waals surface area (Å²) in [6.45, 7) is -0.253. The molecule has 1 aromatic rings. The van der Waals surface area contributed by atoms with E-state index in [2.05, 4.69) is 15.9 Å². The molecule has 1 nitrogen and oxygen atoms in total. The van der Waals surface area contributed by atoms with Crippen LogP contribution in [0.2, 0.25) is 0 Å². The molecule has 14 heavy (non-hydrogen) atoms. The van der Waals surface area contributed by atoms with Gasteiger partial charge in [0.1, 0.15) is 18.5 Å². The van der Waals surface area contributed by atoms with Crippen molar-refractivity contribution < 1.29 is 13.5 Å². The largest absolute Gasteiger partial charge is 0.490 e. The average molecular weight is 265 g/mol. The lowest BCUT2D eigenvalue weighted by Gasteiger charge is -2.12. The Morgan fingerprint density at radius 3 is 2.36 bits per heavy atom. The number of para-hydroxylation sites is 1. The second-order valence-corrected chi connectivity index (χ2v) is 3.46. The van der Waals surface area contributed by atoms with Crippen molar-refractivity contribution in [2.24, 2.45) is 0 Å². The number of halogens is 3. The minimum atomic E-state index is -1.59. The van der Waals surface area contributed by atoms with E-state index in [4.69, 9.17) is 4.74 Å². The van der Waals surface area contributed by atoms with E-state index in [1.165, 1.54) is 0 Å². The lowest BCUT2D eigenvalue weighted by Crippen LogP contribution is -2.25.